The number of amidine groups is 1. The zero-order chi connectivity index (χ0) is 11.4. The van der Waals surface area contributed by atoms with Gasteiger partial charge in [-0.05, 0) is 17.7 Å². The maximum atomic E-state index is 10.5. The molecule has 4 nitrogen and oxygen atoms in total. The molecule has 0 amide bonds. The van der Waals surface area contributed by atoms with Gasteiger partial charge in [0.25, 0.3) is 0 Å². The van der Waals surface area contributed by atoms with Crippen LogP contribution in [0.2, 0.25) is 0 Å². The highest BCUT2D eigenvalue weighted by molar-refractivity contribution is 8.14. The number of nitrogens with one attached hydrogen (secondary N) is 1. The lowest BCUT2D eigenvalue weighted by Crippen LogP contribution is -2.05. The van der Waals surface area contributed by atoms with Gasteiger partial charge in [-0.3, -0.25) is 9.79 Å². The molecule has 0 fully saturated rings. The highest BCUT2D eigenvalue weighted by Crippen LogP contribution is 2.16. The van der Waals surface area contributed by atoms with Crippen LogP contribution in [0.4, 0.5) is 5.69 Å². The van der Waals surface area contributed by atoms with Gasteiger partial charge >= 0.3 is 5.97 Å². The Morgan fingerprint density at radius 3 is 2.75 bits per heavy atom. The SMILES string of the molecule is O=C(O)Cc1ccc(NC2=NCCS2)cc1. The summed E-state index contributed by atoms with van der Waals surface area (Å²) in [6.07, 6.45) is 0.0655. The Labute approximate surface area is 97.8 Å². The van der Waals surface area contributed by atoms with Crippen molar-refractivity contribution in [2.45, 2.75) is 6.42 Å². The minimum atomic E-state index is -0.809. The second-order valence-electron chi connectivity index (χ2n) is 3.43. The van der Waals surface area contributed by atoms with E-state index in [9.17, 15) is 4.79 Å². The molecule has 0 spiro atoms. The predicted octanol–water partition coefficient (Wildman–Crippen LogP) is 1.83. The van der Waals surface area contributed by atoms with E-state index < -0.39 is 5.97 Å². The van der Waals surface area contributed by atoms with E-state index in [1.54, 1.807) is 11.8 Å². The Hall–Kier alpha value is -1.49. The van der Waals surface area contributed by atoms with Gasteiger partial charge in [-0.1, -0.05) is 23.9 Å². The number of aliphatic carboxylic acids is 1. The average molecular weight is 236 g/mol. The Morgan fingerprint density at radius 1 is 1.44 bits per heavy atom. The Balaban J connectivity index is 1.98. The zero-order valence-corrected chi connectivity index (χ0v) is 9.46. The lowest BCUT2D eigenvalue weighted by atomic mass is 10.1. The number of benzene rings is 1. The van der Waals surface area contributed by atoms with Crippen LogP contribution in [0.1, 0.15) is 5.56 Å². The molecule has 0 aromatic heterocycles. The molecular formula is C11H12N2O2S. The van der Waals surface area contributed by atoms with Gasteiger partial charge in [0.1, 0.15) is 0 Å². The van der Waals surface area contributed by atoms with E-state index in [-0.39, 0.29) is 6.42 Å². The van der Waals surface area contributed by atoms with E-state index in [4.69, 9.17) is 5.11 Å². The monoisotopic (exact) mass is 236 g/mol. The smallest absolute Gasteiger partial charge is 0.307 e. The molecule has 2 N–H and O–H groups in total. The van der Waals surface area contributed by atoms with Crippen molar-refractivity contribution < 1.29 is 9.90 Å². The fraction of sp³-hybridized carbons (Fsp3) is 0.273. The first-order valence-corrected chi connectivity index (χ1v) is 5.97. The molecule has 1 aromatic rings. The molecular weight excluding hydrogens is 224 g/mol. The molecule has 0 saturated heterocycles. The van der Waals surface area contributed by atoms with E-state index >= 15 is 0 Å². The van der Waals surface area contributed by atoms with Crippen LogP contribution in [-0.4, -0.2) is 28.5 Å². The molecule has 1 heterocycles. The van der Waals surface area contributed by atoms with Crippen LogP contribution in [-0.2, 0) is 11.2 Å². The number of thioether (sulfide) groups is 1. The highest BCUT2D eigenvalue weighted by atomic mass is 32.2. The van der Waals surface area contributed by atoms with Crippen molar-refractivity contribution in [1.82, 2.24) is 0 Å². The molecule has 0 atom stereocenters. The molecule has 16 heavy (non-hydrogen) atoms. The summed E-state index contributed by atoms with van der Waals surface area (Å²) in [5, 5.41) is 12.8. The summed E-state index contributed by atoms with van der Waals surface area (Å²) in [5.41, 5.74) is 1.75. The number of rotatable bonds is 3. The van der Waals surface area contributed by atoms with Gasteiger partial charge in [0.2, 0.25) is 0 Å². The quantitative estimate of drug-likeness (QED) is 0.840. The molecule has 0 radical (unpaired) electrons. The largest absolute Gasteiger partial charge is 0.481 e. The van der Waals surface area contributed by atoms with Crippen LogP contribution in [0.3, 0.4) is 0 Å². The Kier molecular flexibility index (Phi) is 3.46. The lowest BCUT2D eigenvalue weighted by molar-refractivity contribution is -0.136. The van der Waals surface area contributed by atoms with E-state index in [1.165, 1.54) is 0 Å². The van der Waals surface area contributed by atoms with Gasteiger partial charge in [0, 0.05) is 11.4 Å². The number of carbonyl (C=O) groups is 1. The fourth-order valence-corrected chi connectivity index (χ4v) is 2.16. The summed E-state index contributed by atoms with van der Waals surface area (Å²) in [4.78, 5) is 14.8. The predicted molar refractivity (Wildman–Crippen MR) is 66.2 cm³/mol. The van der Waals surface area contributed by atoms with Crippen molar-refractivity contribution in [2.75, 3.05) is 17.6 Å². The minimum absolute atomic E-state index is 0.0655. The third kappa shape index (κ3) is 3.00. The number of nitrogens with zero attached hydrogens (tertiary/aromatic N) is 1. The number of aliphatic imine (C=N–C) groups is 1. The van der Waals surface area contributed by atoms with Crippen LogP contribution in [0.5, 0.6) is 0 Å². The summed E-state index contributed by atoms with van der Waals surface area (Å²) in [6.45, 7) is 0.865. The van der Waals surface area contributed by atoms with Crippen molar-refractivity contribution in [2.24, 2.45) is 4.99 Å². The van der Waals surface area contributed by atoms with Crippen LogP contribution in [0.15, 0.2) is 29.3 Å². The summed E-state index contributed by atoms with van der Waals surface area (Å²) in [5.74, 6) is 0.218. The Bertz CT molecular complexity index is 414. The number of carboxylic acid groups (broad SMARTS) is 1. The first-order valence-electron chi connectivity index (χ1n) is 4.99. The van der Waals surface area contributed by atoms with Gasteiger partial charge in [-0.15, -0.1) is 0 Å². The summed E-state index contributed by atoms with van der Waals surface area (Å²) < 4.78 is 0. The third-order valence-corrected chi connectivity index (χ3v) is 3.04. The minimum Gasteiger partial charge on any atom is -0.481 e. The van der Waals surface area contributed by atoms with E-state index in [2.05, 4.69) is 10.3 Å². The topological polar surface area (TPSA) is 61.7 Å². The third-order valence-electron chi connectivity index (χ3n) is 2.15. The lowest BCUT2D eigenvalue weighted by Gasteiger charge is -2.05. The maximum absolute atomic E-state index is 10.5. The van der Waals surface area contributed by atoms with Gasteiger partial charge in [0.05, 0.1) is 13.0 Å². The molecule has 0 unspecified atom stereocenters. The molecule has 1 aliphatic rings. The van der Waals surface area contributed by atoms with E-state index in [0.717, 1.165) is 28.7 Å². The maximum Gasteiger partial charge on any atom is 0.307 e. The van der Waals surface area contributed by atoms with Gasteiger partial charge in [0.15, 0.2) is 5.17 Å². The van der Waals surface area contributed by atoms with Crippen molar-refractivity contribution in [1.29, 1.82) is 0 Å². The molecule has 0 saturated carbocycles. The standard InChI is InChI=1S/C11H12N2O2S/c14-10(15)7-8-1-3-9(4-2-8)13-11-12-5-6-16-11/h1-4H,5-7H2,(H,12,13)(H,14,15). The number of hydrogen-bond donors (Lipinski definition) is 2. The van der Waals surface area contributed by atoms with Crippen LogP contribution >= 0.6 is 11.8 Å². The molecule has 1 aliphatic heterocycles. The highest BCUT2D eigenvalue weighted by Gasteiger charge is 2.07. The molecule has 0 bridgehead atoms. The molecule has 1 aromatic carbocycles. The molecule has 0 aliphatic carbocycles. The summed E-state index contributed by atoms with van der Waals surface area (Å²) in [7, 11) is 0. The van der Waals surface area contributed by atoms with Crippen LogP contribution in [0, 0.1) is 0 Å². The number of anilines is 1. The number of hydrogen-bond acceptors (Lipinski definition) is 4. The first-order chi connectivity index (χ1) is 7.74. The second kappa shape index (κ2) is 5.03. The first kappa shape index (κ1) is 11.0. The van der Waals surface area contributed by atoms with E-state index in [0.29, 0.717) is 0 Å². The van der Waals surface area contributed by atoms with Crippen LogP contribution < -0.4 is 5.32 Å². The van der Waals surface area contributed by atoms with Gasteiger partial charge in [-0.2, -0.15) is 0 Å². The average Bonchev–Trinajstić information content (AvgIpc) is 2.73. The van der Waals surface area contributed by atoms with E-state index in [1.807, 2.05) is 24.3 Å². The van der Waals surface area contributed by atoms with Crippen molar-refractivity contribution in [3.63, 3.8) is 0 Å². The van der Waals surface area contributed by atoms with Crippen molar-refractivity contribution >= 4 is 28.6 Å². The zero-order valence-electron chi connectivity index (χ0n) is 8.64. The molecule has 5 heteroatoms. The van der Waals surface area contributed by atoms with Crippen molar-refractivity contribution in [3.05, 3.63) is 29.8 Å². The second-order valence-corrected chi connectivity index (χ2v) is 4.51. The van der Waals surface area contributed by atoms with Gasteiger partial charge < -0.3 is 10.4 Å². The fourth-order valence-electron chi connectivity index (χ4n) is 1.41. The Morgan fingerprint density at radius 2 is 2.19 bits per heavy atom. The summed E-state index contributed by atoms with van der Waals surface area (Å²) in [6, 6.07) is 7.38. The molecule has 2 rings (SSSR count). The molecule has 84 valence electrons. The normalized spacial score (nSPS) is 14.6. The van der Waals surface area contributed by atoms with Crippen LogP contribution in [0.25, 0.3) is 0 Å². The number of carboxylic acids is 1. The van der Waals surface area contributed by atoms with Crippen molar-refractivity contribution in [3.8, 4) is 0 Å². The van der Waals surface area contributed by atoms with Gasteiger partial charge in [-0.25, -0.2) is 0 Å². The summed E-state index contributed by atoms with van der Waals surface area (Å²) >= 11 is 1.70.